The van der Waals surface area contributed by atoms with Crippen LogP contribution in [-0.2, 0) is 13.1 Å². The molecule has 5 nitrogen and oxygen atoms in total. The van der Waals surface area contributed by atoms with Crippen molar-refractivity contribution >= 4 is 0 Å². The molecule has 2 aromatic rings. The van der Waals surface area contributed by atoms with E-state index >= 15 is 0 Å². The van der Waals surface area contributed by atoms with Crippen LogP contribution in [0.3, 0.4) is 0 Å². The molecule has 0 aliphatic carbocycles. The number of rotatable bonds is 5. The first-order chi connectivity index (χ1) is 8.18. The maximum absolute atomic E-state index is 6.15. The van der Waals surface area contributed by atoms with Crippen LogP contribution < -0.4 is 5.73 Å². The van der Waals surface area contributed by atoms with Gasteiger partial charge in [0, 0.05) is 37.7 Å². The van der Waals surface area contributed by atoms with Crippen molar-refractivity contribution in [3.63, 3.8) is 0 Å². The first-order valence-corrected chi connectivity index (χ1v) is 5.90. The predicted octanol–water partition coefficient (Wildman–Crippen LogP) is 1.44. The lowest BCUT2D eigenvalue weighted by Gasteiger charge is -2.17. The van der Waals surface area contributed by atoms with Gasteiger partial charge in [0.25, 0.3) is 0 Å². The molecule has 0 spiro atoms. The van der Waals surface area contributed by atoms with Crippen LogP contribution in [0.4, 0.5) is 0 Å². The van der Waals surface area contributed by atoms with Crippen LogP contribution in [0.15, 0.2) is 31.2 Å². The van der Waals surface area contributed by atoms with E-state index in [9.17, 15) is 0 Å². The van der Waals surface area contributed by atoms with E-state index in [0.717, 1.165) is 18.8 Å². The van der Waals surface area contributed by atoms with Gasteiger partial charge in [0.05, 0.1) is 18.3 Å². The monoisotopic (exact) mass is 233 g/mol. The fourth-order valence-electron chi connectivity index (χ4n) is 1.78. The Morgan fingerprint density at radius 1 is 1.24 bits per heavy atom. The third-order valence-corrected chi connectivity index (χ3v) is 2.96. The van der Waals surface area contributed by atoms with Crippen LogP contribution in [0.1, 0.15) is 25.6 Å². The van der Waals surface area contributed by atoms with Gasteiger partial charge < -0.3 is 14.9 Å². The highest BCUT2D eigenvalue weighted by Gasteiger charge is 2.14. The number of nitrogens with two attached hydrogens (primary N) is 1. The molecule has 5 heteroatoms. The van der Waals surface area contributed by atoms with Gasteiger partial charge >= 0.3 is 0 Å². The van der Waals surface area contributed by atoms with Gasteiger partial charge in [0.15, 0.2) is 0 Å². The minimum Gasteiger partial charge on any atom is -0.336 e. The van der Waals surface area contributed by atoms with Crippen molar-refractivity contribution in [2.75, 3.05) is 0 Å². The van der Waals surface area contributed by atoms with Crippen molar-refractivity contribution in [1.29, 1.82) is 0 Å². The SMILES string of the molecule is CC(C)C(N)c1cncn1CCn1ccnc1. The van der Waals surface area contributed by atoms with Crippen molar-refractivity contribution in [1.82, 2.24) is 19.1 Å². The van der Waals surface area contributed by atoms with Crippen molar-refractivity contribution in [3.8, 4) is 0 Å². The topological polar surface area (TPSA) is 61.7 Å². The Kier molecular flexibility index (Phi) is 3.58. The molecule has 2 N–H and O–H groups in total. The fourth-order valence-corrected chi connectivity index (χ4v) is 1.78. The minimum absolute atomic E-state index is 0.0419. The summed E-state index contributed by atoms with van der Waals surface area (Å²) in [6.07, 6.45) is 9.26. The van der Waals surface area contributed by atoms with E-state index in [-0.39, 0.29) is 6.04 Å². The molecular formula is C12H19N5. The molecule has 1 atom stereocenters. The quantitative estimate of drug-likeness (QED) is 0.850. The van der Waals surface area contributed by atoms with Gasteiger partial charge in [0.1, 0.15) is 0 Å². The first-order valence-electron chi connectivity index (χ1n) is 5.90. The Morgan fingerprint density at radius 2 is 2.06 bits per heavy atom. The zero-order chi connectivity index (χ0) is 12.3. The number of aryl methyl sites for hydroxylation is 2. The normalized spacial score (nSPS) is 13.2. The van der Waals surface area contributed by atoms with Gasteiger partial charge in [-0.25, -0.2) is 9.97 Å². The number of hydrogen-bond acceptors (Lipinski definition) is 3. The summed E-state index contributed by atoms with van der Waals surface area (Å²) in [4.78, 5) is 8.20. The van der Waals surface area contributed by atoms with Crippen LogP contribution in [0.5, 0.6) is 0 Å². The van der Waals surface area contributed by atoms with Crippen LogP contribution in [0, 0.1) is 5.92 Å². The molecule has 0 aromatic carbocycles. The molecule has 0 radical (unpaired) electrons. The molecule has 0 fully saturated rings. The molecule has 0 aliphatic rings. The van der Waals surface area contributed by atoms with Gasteiger partial charge in [-0.1, -0.05) is 13.8 Å². The smallest absolute Gasteiger partial charge is 0.0949 e. The number of aromatic nitrogens is 4. The molecule has 2 rings (SSSR count). The molecule has 1 unspecified atom stereocenters. The van der Waals surface area contributed by atoms with E-state index in [4.69, 9.17) is 5.73 Å². The Balaban J connectivity index is 2.04. The van der Waals surface area contributed by atoms with Gasteiger partial charge in [0.2, 0.25) is 0 Å². The zero-order valence-electron chi connectivity index (χ0n) is 10.3. The second-order valence-corrected chi connectivity index (χ2v) is 4.58. The van der Waals surface area contributed by atoms with E-state index in [1.807, 2.05) is 29.6 Å². The second kappa shape index (κ2) is 5.14. The zero-order valence-corrected chi connectivity index (χ0v) is 10.3. The lowest BCUT2D eigenvalue weighted by atomic mass is 10.0. The Labute approximate surface area is 101 Å². The third kappa shape index (κ3) is 2.74. The number of nitrogens with zero attached hydrogens (tertiary/aromatic N) is 4. The maximum Gasteiger partial charge on any atom is 0.0949 e. The van der Waals surface area contributed by atoms with Gasteiger partial charge in [-0.15, -0.1) is 0 Å². The largest absolute Gasteiger partial charge is 0.336 e. The van der Waals surface area contributed by atoms with Gasteiger partial charge in [-0.2, -0.15) is 0 Å². The van der Waals surface area contributed by atoms with Crippen molar-refractivity contribution < 1.29 is 0 Å². The second-order valence-electron chi connectivity index (χ2n) is 4.58. The van der Waals surface area contributed by atoms with Crippen molar-refractivity contribution in [2.45, 2.75) is 33.0 Å². The van der Waals surface area contributed by atoms with Crippen LogP contribution in [0.2, 0.25) is 0 Å². The Bertz CT molecular complexity index is 443. The summed E-state index contributed by atoms with van der Waals surface area (Å²) in [7, 11) is 0. The fraction of sp³-hybridized carbons (Fsp3) is 0.500. The lowest BCUT2D eigenvalue weighted by molar-refractivity contribution is 0.465. The summed E-state index contributed by atoms with van der Waals surface area (Å²) >= 11 is 0. The molecule has 0 saturated carbocycles. The molecule has 17 heavy (non-hydrogen) atoms. The molecule has 0 aliphatic heterocycles. The van der Waals surface area contributed by atoms with E-state index in [2.05, 4.69) is 28.4 Å². The predicted molar refractivity (Wildman–Crippen MR) is 66.2 cm³/mol. The van der Waals surface area contributed by atoms with E-state index < -0.39 is 0 Å². The minimum atomic E-state index is 0.0419. The highest BCUT2D eigenvalue weighted by atomic mass is 15.1. The molecule has 2 aromatic heterocycles. The average molecular weight is 233 g/mol. The average Bonchev–Trinajstić information content (AvgIpc) is 2.96. The molecule has 92 valence electrons. The molecular weight excluding hydrogens is 214 g/mol. The molecule has 0 saturated heterocycles. The van der Waals surface area contributed by atoms with Crippen LogP contribution >= 0.6 is 0 Å². The highest BCUT2D eigenvalue weighted by Crippen LogP contribution is 2.18. The molecule has 0 amide bonds. The van der Waals surface area contributed by atoms with Crippen molar-refractivity contribution in [2.24, 2.45) is 11.7 Å². The summed E-state index contributed by atoms with van der Waals surface area (Å²) < 4.78 is 4.16. The summed E-state index contributed by atoms with van der Waals surface area (Å²) in [6.45, 7) is 6.00. The van der Waals surface area contributed by atoms with Gasteiger partial charge in [-0.3, -0.25) is 0 Å². The van der Waals surface area contributed by atoms with E-state index in [1.165, 1.54) is 0 Å². The molecule has 2 heterocycles. The molecule has 0 bridgehead atoms. The lowest BCUT2D eigenvalue weighted by Crippen LogP contribution is -2.21. The first kappa shape index (κ1) is 11.9. The summed E-state index contributed by atoms with van der Waals surface area (Å²) in [6, 6.07) is 0.0419. The maximum atomic E-state index is 6.15. The van der Waals surface area contributed by atoms with E-state index in [0.29, 0.717) is 5.92 Å². The van der Waals surface area contributed by atoms with Crippen molar-refractivity contribution in [3.05, 3.63) is 36.9 Å². The third-order valence-electron chi connectivity index (χ3n) is 2.96. The number of imidazole rings is 2. The van der Waals surface area contributed by atoms with Crippen LogP contribution in [0.25, 0.3) is 0 Å². The van der Waals surface area contributed by atoms with E-state index in [1.54, 1.807) is 6.20 Å². The number of hydrogen-bond donors (Lipinski definition) is 1. The Hall–Kier alpha value is -1.62. The summed E-state index contributed by atoms with van der Waals surface area (Å²) in [5, 5.41) is 0. The van der Waals surface area contributed by atoms with Crippen LogP contribution in [-0.4, -0.2) is 19.1 Å². The summed E-state index contributed by atoms with van der Waals surface area (Å²) in [5.41, 5.74) is 7.25. The highest BCUT2D eigenvalue weighted by molar-refractivity contribution is 5.05. The Morgan fingerprint density at radius 3 is 2.71 bits per heavy atom. The standard InChI is InChI=1S/C12H19N5/c1-10(2)12(13)11-7-15-9-17(11)6-5-16-4-3-14-8-16/h3-4,7-10,12H,5-6,13H2,1-2H3. The van der Waals surface area contributed by atoms with Gasteiger partial charge in [-0.05, 0) is 5.92 Å². The summed E-state index contributed by atoms with van der Waals surface area (Å²) in [5.74, 6) is 0.415.